The second-order valence-corrected chi connectivity index (χ2v) is 5.91. The molecule has 0 spiro atoms. The Labute approximate surface area is 100.0 Å². The Hall–Kier alpha value is -0.0800. The normalized spacial score (nSPS) is 38.2. The number of hydrogen-bond donors (Lipinski definition) is 0. The topological polar surface area (TPSA) is 6.48 Å². The van der Waals surface area contributed by atoms with Gasteiger partial charge in [0.25, 0.3) is 0 Å². The van der Waals surface area contributed by atoms with Gasteiger partial charge in [0.1, 0.15) is 0 Å². The lowest BCUT2D eigenvalue weighted by atomic mass is 9.88. The maximum absolute atomic E-state index is 2.81. The van der Waals surface area contributed by atoms with Gasteiger partial charge in [0.2, 0.25) is 0 Å². The molecular formula is C14H26N2. The van der Waals surface area contributed by atoms with E-state index >= 15 is 0 Å². The minimum absolute atomic E-state index is 0.911. The highest BCUT2D eigenvalue weighted by Gasteiger charge is 2.35. The zero-order chi connectivity index (χ0) is 10.8. The largest absolute Gasteiger partial charge is 0.299 e. The predicted molar refractivity (Wildman–Crippen MR) is 67.7 cm³/mol. The monoisotopic (exact) mass is 222 g/mol. The second-order valence-electron chi connectivity index (χ2n) is 5.91. The maximum atomic E-state index is 2.81. The van der Waals surface area contributed by atoms with E-state index in [0.29, 0.717) is 0 Å². The highest BCUT2D eigenvalue weighted by Crippen LogP contribution is 2.31. The lowest BCUT2D eigenvalue weighted by Crippen LogP contribution is -2.51. The molecule has 2 aliphatic heterocycles. The van der Waals surface area contributed by atoms with Crippen molar-refractivity contribution in [2.45, 2.75) is 63.5 Å². The minimum atomic E-state index is 0.911. The zero-order valence-electron chi connectivity index (χ0n) is 10.5. The molecule has 1 saturated carbocycles. The SMILES string of the molecule is C1CC[C@H](N2CCCC2)[C@@H](N2CCCC2)C1. The molecule has 1 aliphatic carbocycles. The van der Waals surface area contributed by atoms with Gasteiger partial charge in [-0.1, -0.05) is 12.8 Å². The van der Waals surface area contributed by atoms with Gasteiger partial charge >= 0.3 is 0 Å². The summed E-state index contributed by atoms with van der Waals surface area (Å²) in [5.41, 5.74) is 0. The van der Waals surface area contributed by atoms with Crippen LogP contribution in [0.2, 0.25) is 0 Å². The van der Waals surface area contributed by atoms with Crippen LogP contribution in [0.15, 0.2) is 0 Å². The first-order chi connectivity index (χ1) is 7.95. The van der Waals surface area contributed by atoms with Gasteiger partial charge in [-0.3, -0.25) is 9.80 Å². The Morgan fingerprint density at radius 1 is 0.500 bits per heavy atom. The fourth-order valence-electron chi connectivity index (χ4n) is 4.09. The Kier molecular flexibility index (Phi) is 3.49. The first-order valence-electron chi connectivity index (χ1n) is 7.43. The molecule has 0 aromatic heterocycles. The first-order valence-corrected chi connectivity index (χ1v) is 7.43. The van der Waals surface area contributed by atoms with Gasteiger partial charge in [0, 0.05) is 12.1 Å². The molecule has 16 heavy (non-hydrogen) atoms. The smallest absolute Gasteiger partial charge is 0.0251 e. The van der Waals surface area contributed by atoms with Crippen molar-refractivity contribution in [3.8, 4) is 0 Å². The Morgan fingerprint density at radius 3 is 1.25 bits per heavy atom. The van der Waals surface area contributed by atoms with Gasteiger partial charge in [-0.05, 0) is 64.7 Å². The summed E-state index contributed by atoms with van der Waals surface area (Å²) in [4.78, 5) is 5.62. The Balaban J connectivity index is 1.67. The molecule has 0 N–H and O–H groups in total. The average Bonchev–Trinajstić information content (AvgIpc) is 3.03. The Morgan fingerprint density at radius 2 is 0.875 bits per heavy atom. The molecule has 0 bridgehead atoms. The van der Waals surface area contributed by atoms with E-state index in [1.165, 1.54) is 77.5 Å². The fraction of sp³-hybridized carbons (Fsp3) is 1.00. The van der Waals surface area contributed by atoms with E-state index < -0.39 is 0 Å². The van der Waals surface area contributed by atoms with E-state index in [-0.39, 0.29) is 0 Å². The molecule has 0 aromatic carbocycles. The summed E-state index contributed by atoms with van der Waals surface area (Å²) in [6.07, 6.45) is 11.7. The number of hydrogen-bond acceptors (Lipinski definition) is 2. The summed E-state index contributed by atoms with van der Waals surface area (Å²) in [7, 11) is 0. The molecular weight excluding hydrogens is 196 g/mol. The second kappa shape index (κ2) is 5.05. The van der Waals surface area contributed by atoms with Crippen LogP contribution in [0, 0.1) is 0 Å². The highest BCUT2D eigenvalue weighted by atomic mass is 15.3. The van der Waals surface area contributed by atoms with E-state index in [1.807, 2.05) is 0 Å². The van der Waals surface area contributed by atoms with Crippen LogP contribution in [-0.4, -0.2) is 48.1 Å². The summed E-state index contributed by atoms with van der Waals surface area (Å²) in [5.74, 6) is 0. The van der Waals surface area contributed by atoms with Crippen LogP contribution in [0.1, 0.15) is 51.4 Å². The average molecular weight is 222 g/mol. The molecule has 2 saturated heterocycles. The molecule has 2 atom stereocenters. The molecule has 3 rings (SSSR count). The third-order valence-corrected chi connectivity index (χ3v) is 4.91. The van der Waals surface area contributed by atoms with E-state index in [9.17, 15) is 0 Å². The van der Waals surface area contributed by atoms with Gasteiger partial charge < -0.3 is 0 Å². The quantitative estimate of drug-likeness (QED) is 0.708. The van der Waals surface area contributed by atoms with Crippen molar-refractivity contribution in [2.75, 3.05) is 26.2 Å². The third-order valence-electron chi connectivity index (χ3n) is 4.91. The lowest BCUT2D eigenvalue weighted by molar-refractivity contribution is 0.0754. The molecule has 2 heteroatoms. The fourth-order valence-corrected chi connectivity index (χ4v) is 4.09. The zero-order valence-corrected chi connectivity index (χ0v) is 10.5. The first kappa shape index (κ1) is 11.0. The number of likely N-dealkylation sites (tertiary alicyclic amines) is 2. The van der Waals surface area contributed by atoms with E-state index in [0.717, 1.165) is 12.1 Å². The van der Waals surface area contributed by atoms with E-state index in [1.54, 1.807) is 0 Å². The molecule has 2 nitrogen and oxygen atoms in total. The van der Waals surface area contributed by atoms with E-state index in [4.69, 9.17) is 0 Å². The van der Waals surface area contributed by atoms with Crippen LogP contribution in [0.5, 0.6) is 0 Å². The van der Waals surface area contributed by atoms with Crippen molar-refractivity contribution >= 4 is 0 Å². The van der Waals surface area contributed by atoms with Crippen molar-refractivity contribution in [3.63, 3.8) is 0 Å². The van der Waals surface area contributed by atoms with Gasteiger partial charge in [-0.2, -0.15) is 0 Å². The van der Waals surface area contributed by atoms with Crippen LogP contribution in [0.25, 0.3) is 0 Å². The highest BCUT2D eigenvalue weighted by molar-refractivity contribution is 4.92. The van der Waals surface area contributed by atoms with Crippen LogP contribution < -0.4 is 0 Å². The molecule has 92 valence electrons. The lowest BCUT2D eigenvalue weighted by Gasteiger charge is -2.42. The van der Waals surface area contributed by atoms with Crippen molar-refractivity contribution in [1.82, 2.24) is 9.80 Å². The maximum Gasteiger partial charge on any atom is 0.0251 e. The molecule has 3 aliphatic rings. The summed E-state index contributed by atoms with van der Waals surface area (Å²) in [6, 6.07) is 1.82. The number of nitrogens with zero attached hydrogens (tertiary/aromatic N) is 2. The Bertz CT molecular complexity index is 193. The van der Waals surface area contributed by atoms with Gasteiger partial charge in [-0.25, -0.2) is 0 Å². The molecule has 2 heterocycles. The molecule has 3 fully saturated rings. The van der Waals surface area contributed by atoms with Crippen molar-refractivity contribution in [2.24, 2.45) is 0 Å². The van der Waals surface area contributed by atoms with E-state index in [2.05, 4.69) is 9.80 Å². The van der Waals surface area contributed by atoms with Gasteiger partial charge in [-0.15, -0.1) is 0 Å². The summed E-state index contributed by atoms with van der Waals surface area (Å²) in [5, 5.41) is 0. The van der Waals surface area contributed by atoms with Gasteiger partial charge in [0.05, 0.1) is 0 Å². The third kappa shape index (κ3) is 2.14. The summed E-state index contributed by atoms with van der Waals surface area (Å²) < 4.78 is 0. The molecule has 0 unspecified atom stereocenters. The standard InChI is InChI=1S/C14H26N2/c1-2-8-14(16-11-5-6-12-16)13(7-1)15-9-3-4-10-15/h13-14H,1-12H2/t13-,14-/m0/s1. The molecule has 0 amide bonds. The van der Waals surface area contributed by atoms with Gasteiger partial charge in [0.15, 0.2) is 0 Å². The van der Waals surface area contributed by atoms with Crippen LogP contribution in [0.3, 0.4) is 0 Å². The minimum Gasteiger partial charge on any atom is -0.299 e. The summed E-state index contributed by atoms with van der Waals surface area (Å²) >= 11 is 0. The molecule has 0 aromatic rings. The van der Waals surface area contributed by atoms with Crippen molar-refractivity contribution in [1.29, 1.82) is 0 Å². The summed E-state index contributed by atoms with van der Waals surface area (Å²) in [6.45, 7) is 5.54. The predicted octanol–water partition coefficient (Wildman–Crippen LogP) is 2.49. The van der Waals surface area contributed by atoms with Crippen molar-refractivity contribution < 1.29 is 0 Å². The van der Waals surface area contributed by atoms with Crippen LogP contribution in [-0.2, 0) is 0 Å². The van der Waals surface area contributed by atoms with Crippen molar-refractivity contribution in [3.05, 3.63) is 0 Å². The van der Waals surface area contributed by atoms with Crippen LogP contribution in [0.4, 0.5) is 0 Å². The molecule has 0 radical (unpaired) electrons. The van der Waals surface area contributed by atoms with Crippen LogP contribution >= 0.6 is 0 Å². The number of rotatable bonds is 2.